The molecule has 0 aliphatic rings. The van der Waals surface area contributed by atoms with Gasteiger partial charge in [-0.15, -0.1) is 5.23 Å². The molecule has 0 fully saturated rings. The van der Waals surface area contributed by atoms with Crippen LogP contribution in [0.25, 0.3) is 0 Å². The van der Waals surface area contributed by atoms with Crippen LogP contribution in [-0.4, -0.2) is 20.4 Å². The highest BCUT2D eigenvalue weighted by Gasteiger charge is 1.99. The average Bonchev–Trinajstić information content (AvgIpc) is 1.88. The Kier molecular flexibility index (Phi) is 2.00. The van der Waals surface area contributed by atoms with E-state index in [0.29, 0.717) is 0 Å². The van der Waals surface area contributed by atoms with Crippen LogP contribution in [0.5, 0.6) is 0 Å². The summed E-state index contributed by atoms with van der Waals surface area (Å²) in [7, 11) is 0. The Morgan fingerprint density at radius 1 is 1.40 bits per heavy atom. The van der Waals surface area contributed by atoms with E-state index < -0.39 is 0 Å². The lowest BCUT2D eigenvalue weighted by Gasteiger charge is -2.04. The molecule has 1 heterocycles. The number of halogens is 1. The lowest BCUT2D eigenvalue weighted by Crippen LogP contribution is -2.12. The molecule has 0 saturated carbocycles. The summed E-state index contributed by atoms with van der Waals surface area (Å²) < 4.78 is 0. The molecule has 0 aliphatic carbocycles. The average molecular weight is 162 g/mol. The fourth-order valence-electron chi connectivity index (χ4n) is 0.434. The first-order valence-electron chi connectivity index (χ1n) is 2.35. The second-order valence-electron chi connectivity index (χ2n) is 1.49. The van der Waals surface area contributed by atoms with Crippen LogP contribution in [0.1, 0.15) is 0 Å². The van der Waals surface area contributed by atoms with Crippen LogP contribution in [0.4, 0.5) is 5.82 Å². The zero-order valence-electron chi connectivity index (χ0n) is 4.77. The first-order valence-corrected chi connectivity index (χ1v) is 2.73. The van der Waals surface area contributed by atoms with Crippen molar-refractivity contribution in [3.05, 3.63) is 17.5 Å². The summed E-state index contributed by atoms with van der Waals surface area (Å²) >= 11 is 5.39. The monoisotopic (exact) mass is 161 g/mol. The van der Waals surface area contributed by atoms with Gasteiger partial charge < -0.3 is 0 Å². The van der Waals surface area contributed by atoms with Crippen LogP contribution in [0.3, 0.4) is 0 Å². The van der Waals surface area contributed by atoms with Crippen molar-refractivity contribution in [3.8, 4) is 0 Å². The Morgan fingerprint density at radius 2 is 2.10 bits per heavy atom. The van der Waals surface area contributed by atoms with Crippen LogP contribution >= 0.6 is 11.6 Å². The molecule has 0 atom stereocenters. The molecule has 0 unspecified atom stereocenters. The topological polar surface area (TPSA) is 69.5 Å². The summed E-state index contributed by atoms with van der Waals surface area (Å²) in [6.07, 6.45) is 1.12. The van der Waals surface area contributed by atoms with Crippen molar-refractivity contribution in [2.75, 3.05) is 5.23 Å². The summed E-state index contributed by atoms with van der Waals surface area (Å²) in [6, 6.07) is 1.21. The molecule has 0 aromatic carbocycles. The van der Waals surface area contributed by atoms with Gasteiger partial charge in [-0.1, -0.05) is 11.6 Å². The van der Waals surface area contributed by atoms with E-state index in [-0.39, 0.29) is 16.2 Å². The molecule has 0 aliphatic heterocycles. The molecule has 1 aromatic heterocycles. The van der Waals surface area contributed by atoms with Gasteiger partial charge in [-0.2, -0.15) is 0 Å². The van der Waals surface area contributed by atoms with E-state index in [1.807, 2.05) is 0 Å². The Bertz CT molecular complexity index is 229. The van der Waals surface area contributed by atoms with Crippen LogP contribution < -0.4 is 5.23 Å². The van der Waals surface area contributed by atoms with Gasteiger partial charge in [0.2, 0.25) is 0 Å². The number of hydrogen-bond acceptors (Lipinski definition) is 5. The van der Waals surface area contributed by atoms with Gasteiger partial charge in [0, 0.05) is 6.07 Å². The van der Waals surface area contributed by atoms with Gasteiger partial charge in [0.1, 0.15) is 11.5 Å². The minimum atomic E-state index is -0.131. The zero-order valence-corrected chi connectivity index (χ0v) is 5.52. The molecular formula is C4H4ClN3O2. The maximum Gasteiger partial charge on any atom is 0.187 e. The van der Waals surface area contributed by atoms with Crippen molar-refractivity contribution in [1.29, 1.82) is 0 Å². The minimum absolute atomic E-state index is 0.0694. The predicted octanol–water partition coefficient (Wildman–Crippen LogP) is 0.715. The largest absolute Gasteiger partial charge is 0.263 e. The third kappa shape index (κ3) is 1.53. The molecule has 10 heavy (non-hydrogen) atoms. The molecule has 0 radical (unpaired) electrons. The number of aromatic nitrogens is 2. The van der Waals surface area contributed by atoms with Crippen LogP contribution in [0.15, 0.2) is 12.4 Å². The number of hydrogen-bond donors (Lipinski definition) is 2. The molecule has 1 rings (SSSR count). The summed E-state index contributed by atoms with van der Waals surface area (Å²) in [6.45, 7) is 0. The van der Waals surface area contributed by atoms with Gasteiger partial charge >= 0.3 is 0 Å². The maximum atomic E-state index is 8.39. The standard InChI is InChI=1S/C4H4ClN3O2/c5-3-1-4(8(9)10)7-2-6-3/h1-2,9-10H. The first-order chi connectivity index (χ1) is 4.70. The number of anilines is 1. The van der Waals surface area contributed by atoms with Crippen LogP contribution in [0.2, 0.25) is 5.15 Å². The van der Waals surface area contributed by atoms with Crippen molar-refractivity contribution < 1.29 is 10.4 Å². The van der Waals surface area contributed by atoms with E-state index in [9.17, 15) is 0 Å². The van der Waals surface area contributed by atoms with E-state index >= 15 is 0 Å². The SMILES string of the molecule is ON(O)c1cc(Cl)ncn1. The van der Waals surface area contributed by atoms with Gasteiger partial charge in [-0.25, -0.2) is 9.97 Å². The van der Waals surface area contributed by atoms with Crippen molar-refractivity contribution in [1.82, 2.24) is 9.97 Å². The zero-order chi connectivity index (χ0) is 7.56. The van der Waals surface area contributed by atoms with Crippen molar-refractivity contribution >= 4 is 17.4 Å². The van der Waals surface area contributed by atoms with Gasteiger partial charge in [0.05, 0.1) is 0 Å². The molecule has 2 N–H and O–H groups in total. The Balaban J connectivity index is 2.96. The highest BCUT2D eigenvalue weighted by Crippen LogP contribution is 2.09. The van der Waals surface area contributed by atoms with Gasteiger partial charge in [0.15, 0.2) is 5.82 Å². The van der Waals surface area contributed by atoms with Crippen molar-refractivity contribution in [2.24, 2.45) is 0 Å². The molecule has 0 bridgehead atoms. The van der Waals surface area contributed by atoms with Gasteiger partial charge in [-0.05, 0) is 0 Å². The van der Waals surface area contributed by atoms with Crippen LogP contribution in [0, 0.1) is 0 Å². The summed E-state index contributed by atoms with van der Waals surface area (Å²) in [5, 5.41) is 16.8. The smallest absolute Gasteiger partial charge is 0.187 e. The molecule has 0 spiro atoms. The Morgan fingerprint density at radius 3 is 2.50 bits per heavy atom. The molecule has 6 heteroatoms. The van der Waals surface area contributed by atoms with Crippen molar-refractivity contribution in [2.45, 2.75) is 0 Å². The molecule has 5 nitrogen and oxygen atoms in total. The molecule has 0 saturated heterocycles. The van der Waals surface area contributed by atoms with E-state index in [1.54, 1.807) is 0 Å². The fraction of sp³-hybridized carbons (Fsp3) is 0. The maximum absolute atomic E-state index is 8.39. The second kappa shape index (κ2) is 2.78. The quantitative estimate of drug-likeness (QED) is 0.469. The molecule has 0 amide bonds. The predicted molar refractivity (Wildman–Crippen MR) is 33.1 cm³/mol. The lowest BCUT2D eigenvalue weighted by molar-refractivity contribution is 0.0267. The Hall–Kier alpha value is -0.910. The Labute approximate surface area is 61.4 Å². The van der Waals surface area contributed by atoms with Crippen LogP contribution in [-0.2, 0) is 0 Å². The number of rotatable bonds is 1. The van der Waals surface area contributed by atoms with Gasteiger partial charge in [-0.3, -0.25) is 10.4 Å². The lowest BCUT2D eigenvalue weighted by atomic mass is 10.6. The highest BCUT2D eigenvalue weighted by atomic mass is 35.5. The number of nitrogens with zero attached hydrogens (tertiary/aromatic N) is 3. The first kappa shape index (κ1) is 7.20. The molecule has 1 aromatic rings. The third-order valence-corrected chi connectivity index (χ3v) is 1.03. The van der Waals surface area contributed by atoms with E-state index in [0.717, 1.165) is 6.33 Å². The van der Waals surface area contributed by atoms with E-state index in [2.05, 4.69) is 9.97 Å². The normalized spacial score (nSPS) is 9.50. The van der Waals surface area contributed by atoms with E-state index in [1.165, 1.54) is 6.07 Å². The van der Waals surface area contributed by atoms with Crippen molar-refractivity contribution in [3.63, 3.8) is 0 Å². The third-order valence-electron chi connectivity index (χ3n) is 0.824. The fourth-order valence-corrected chi connectivity index (χ4v) is 0.575. The van der Waals surface area contributed by atoms with E-state index in [4.69, 9.17) is 22.0 Å². The van der Waals surface area contributed by atoms with Gasteiger partial charge in [0.25, 0.3) is 0 Å². The summed E-state index contributed by atoms with van der Waals surface area (Å²) in [5.41, 5.74) is 0. The molecular weight excluding hydrogens is 158 g/mol. The highest BCUT2D eigenvalue weighted by molar-refractivity contribution is 6.29. The minimum Gasteiger partial charge on any atom is -0.263 e. The second-order valence-corrected chi connectivity index (χ2v) is 1.88. The summed E-state index contributed by atoms with van der Waals surface area (Å²) in [4.78, 5) is 7.00. The molecule has 54 valence electrons. The summed E-state index contributed by atoms with van der Waals surface area (Å²) in [5.74, 6) is -0.0694.